The SMILES string of the molecule is CCN(CCCl)c1nc2ccccc2s1. The number of halogens is 1. The van der Waals surface area contributed by atoms with E-state index >= 15 is 0 Å². The summed E-state index contributed by atoms with van der Waals surface area (Å²) in [6.45, 7) is 3.93. The first-order valence-electron chi connectivity index (χ1n) is 5.01. The largest absolute Gasteiger partial charge is 0.347 e. The molecule has 0 bridgehead atoms. The van der Waals surface area contributed by atoms with Crippen molar-refractivity contribution in [3.05, 3.63) is 24.3 Å². The van der Waals surface area contributed by atoms with Crippen molar-refractivity contribution in [1.82, 2.24) is 4.98 Å². The molecule has 2 aromatic rings. The van der Waals surface area contributed by atoms with Gasteiger partial charge in [-0.1, -0.05) is 23.5 Å². The molecule has 0 atom stereocenters. The second-order valence-corrected chi connectivity index (χ2v) is 4.62. The van der Waals surface area contributed by atoms with E-state index < -0.39 is 0 Å². The van der Waals surface area contributed by atoms with E-state index in [0.717, 1.165) is 23.7 Å². The molecule has 2 rings (SSSR count). The molecule has 1 aromatic carbocycles. The summed E-state index contributed by atoms with van der Waals surface area (Å²) in [5, 5.41) is 1.07. The Labute approximate surface area is 98.5 Å². The number of hydrogen-bond acceptors (Lipinski definition) is 3. The van der Waals surface area contributed by atoms with Gasteiger partial charge in [-0.05, 0) is 19.1 Å². The fraction of sp³-hybridized carbons (Fsp3) is 0.364. The molecule has 0 fully saturated rings. The van der Waals surface area contributed by atoms with Gasteiger partial charge in [0.25, 0.3) is 0 Å². The van der Waals surface area contributed by atoms with Crippen LogP contribution >= 0.6 is 22.9 Å². The molecule has 0 aliphatic carbocycles. The maximum Gasteiger partial charge on any atom is 0.186 e. The van der Waals surface area contributed by atoms with E-state index in [-0.39, 0.29) is 0 Å². The molecule has 0 N–H and O–H groups in total. The molecule has 80 valence electrons. The van der Waals surface area contributed by atoms with Gasteiger partial charge in [0.15, 0.2) is 5.13 Å². The van der Waals surface area contributed by atoms with Crippen molar-refractivity contribution in [1.29, 1.82) is 0 Å². The van der Waals surface area contributed by atoms with Crippen molar-refractivity contribution in [3.8, 4) is 0 Å². The Kier molecular flexibility index (Phi) is 3.44. The van der Waals surface area contributed by atoms with Gasteiger partial charge >= 0.3 is 0 Å². The second kappa shape index (κ2) is 4.81. The van der Waals surface area contributed by atoms with E-state index in [1.807, 2.05) is 18.2 Å². The minimum absolute atomic E-state index is 0.643. The summed E-state index contributed by atoms with van der Waals surface area (Å²) in [5.41, 5.74) is 1.07. The van der Waals surface area contributed by atoms with Crippen molar-refractivity contribution in [3.63, 3.8) is 0 Å². The Morgan fingerprint density at radius 3 is 2.87 bits per heavy atom. The first-order chi connectivity index (χ1) is 7.35. The summed E-state index contributed by atoms with van der Waals surface area (Å²) < 4.78 is 1.24. The Bertz CT molecular complexity index is 408. The summed E-state index contributed by atoms with van der Waals surface area (Å²) in [4.78, 5) is 6.79. The van der Waals surface area contributed by atoms with Gasteiger partial charge in [-0.3, -0.25) is 0 Å². The average Bonchev–Trinajstić information content (AvgIpc) is 2.69. The highest BCUT2D eigenvalue weighted by Crippen LogP contribution is 2.28. The molecular weight excluding hydrogens is 228 g/mol. The number of nitrogens with zero attached hydrogens (tertiary/aromatic N) is 2. The number of hydrogen-bond donors (Lipinski definition) is 0. The Balaban J connectivity index is 2.34. The zero-order valence-electron chi connectivity index (χ0n) is 8.61. The summed E-state index contributed by atoms with van der Waals surface area (Å²) in [7, 11) is 0. The van der Waals surface area contributed by atoms with Gasteiger partial charge in [0.1, 0.15) is 0 Å². The van der Waals surface area contributed by atoms with Crippen LogP contribution in [-0.4, -0.2) is 24.0 Å². The molecule has 0 spiro atoms. The maximum absolute atomic E-state index is 5.76. The van der Waals surface area contributed by atoms with Crippen molar-refractivity contribution >= 4 is 38.3 Å². The highest BCUT2D eigenvalue weighted by molar-refractivity contribution is 7.22. The van der Waals surface area contributed by atoms with Crippen LogP contribution in [0.5, 0.6) is 0 Å². The molecule has 0 aliphatic rings. The van der Waals surface area contributed by atoms with Gasteiger partial charge in [-0.25, -0.2) is 4.98 Å². The number of thiazole rings is 1. The molecule has 15 heavy (non-hydrogen) atoms. The van der Waals surface area contributed by atoms with Gasteiger partial charge in [0.2, 0.25) is 0 Å². The molecule has 0 unspecified atom stereocenters. The molecule has 0 aliphatic heterocycles. The van der Waals surface area contributed by atoms with Crippen LogP contribution < -0.4 is 4.90 Å². The Hall–Kier alpha value is -0.800. The number of anilines is 1. The quantitative estimate of drug-likeness (QED) is 0.762. The average molecular weight is 241 g/mol. The minimum Gasteiger partial charge on any atom is -0.347 e. The van der Waals surface area contributed by atoms with Crippen molar-refractivity contribution in [2.45, 2.75) is 6.92 Å². The van der Waals surface area contributed by atoms with Crippen LogP contribution in [0.15, 0.2) is 24.3 Å². The lowest BCUT2D eigenvalue weighted by Gasteiger charge is -2.17. The second-order valence-electron chi connectivity index (χ2n) is 3.23. The fourth-order valence-electron chi connectivity index (χ4n) is 1.49. The van der Waals surface area contributed by atoms with Crippen molar-refractivity contribution < 1.29 is 0 Å². The highest BCUT2D eigenvalue weighted by Gasteiger charge is 2.09. The predicted molar refractivity (Wildman–Crippen MR) is 68.2 cm³/mol. The van der Waals surface area contributed by atoms with Gasteiger partial charge in [-0.15, -0.1) is 11.6 Å². The van der Waals surface area contributed by atoms with Gasteiger partial charge < -0.3 is 4.90 Å². The molecule has 0 amide bonds. The smallest absolute Gasteiger partial charge is 0.186 e. The molecule has 0 radical (unpaired) electrons. The number of alkyl halides is 1. The normalized spacial score (nSPS) is 10.8. The number of rotatable bonds is 4. The van der Waals surface area contributed by atoms with Gasteiger partial charge in [0.05, 0.1) is 10.2 Å². The molecular formula is C11H13ClN2S. The van der Waals surface area contributed by atoms with E-state index in [4.69, 9.17) is 11.6 Å². The Morgan fingerprint density at radius 1 is 1.40 bits per heavy atom. The van der Waals surface area contributed by atoms with Crippen LogP contribution in [0.2, 0.25) is 0 Å². The minimum atomic E-state index is 0.643. The number of para-hydroxylation sites is 1. The molecule has 1 aromatic heterocycles. The number of fused-ring (bicyclic) bond motifs is 1. The van der Waals surface area contributed by atoms with E-state index in [9.17, 15) is 0 Å². The van der Waals surface area contributed by atoms with Crippen molar-refractivity contribution in [2.75, 3.05) is 23.9 Å². The lowest BCUT2D eigenvalue weighted by Crippen LogP contribution is -2.24. The number of benzene rings is 1. The van der Waals surface area contributed by atoms with Crippen LogP contribution in [-0.2, 0) is 0 Å². The first-order valence-corrected chi connectivity index (χ1v) is 6.36. The number of aromatic nitrogens is 1. The van der Waals surface area contributed by atoms with E-state index in [1.54, 1.807) is 11.3 Å². The van der Waals surface area contributed by atoms with E-state index in [2.05, 4.69) is 22.9 Å². The van der Waals surface area contributed by atoms with Crippen LogP contribution in [0.3, 0.4) is 0 Å². The monoisotopic (exact) mass is 240 g/mol. The maximum atomic E-state index is 5.76. The van der Waals surface area contributed by atoms with E-state index in [0.29, 0.717) is 5.88 Å². The third-order valence-electron chi connectivity index (χ3n) is 2.29. The molecule has 2 nitrogen and oxygen atoms in total. The molecule has 1 heterocycles. The van der Waals surface area contributed by atoms with Crippen LogP contribution in [0.25, 0.3) is 10.2 Å². The van der Waals surface area contributed by atoms with Crippen LogP contribution in [0, 0.1) is 0 Å². The highest BCUT2D eigenvalue weighted by atomic mass is 35.5. The van der Waals surface area contributed by atoms with Crippen molar-refractivity contribution in [2.24, 2.45) is 0 Å². The molecule has 0 saturated heterocycles. The lowest BCUT2D eigenvalue weighted by molar-refractivity contribution is 0.865. The van der Waals surface area contributed by atoms with Gasteiger partial charge in [-0.2, -0.15) is 0 Å². The predicted octanol–water partition coefficient (Wildman–Crippen LogP) is 3.36. The standard InChI is InChI=1S/C11H13ClN2S/c1-2-14(8-7-12)11-13-9-5-3-4-6-10(9)15-11/h3-6H,2,7-8H2,1H3. The third kappa shape index (κ3) is 2.24. The van der Waals surface area contributed by atoms with Crippen LogP contribution in [0.4, 0.5) is 5.13 Å². The molecule has 4 heteroatoms. The first kappa shape index (κ1) is 10.7. The summed E-state index contributed by atoms with van der Waals surface area (Å²) in [6, 6.07) is 8.21. The Morgan fingerprint density at radius 2 is 2.20 bits per heavy atom. The topological polar surface area (TPSA) is 16.1 Å². The van der Waals surface area contributed by atoms with E-state index in [1.165, 1.54) is 4.70 Å². The summed E-state index contributed by atoms with van der Waals surface area (Å²) in [5.74, 6) is 0.643. The fourth-order valence-corrected chi connectivity index (χ4v) is 2.75. The van der Waals surface area contributed by atoms with Gasteiger partial charge in [0, 0.05) is 19.0 Å². The molecule has 0 saturated carbocycles. The van der Waals surface area contributed by atoms with Crippen LogP contribution in [0.1, 0.15) is 6.92 Å². The summed E-state index contributed by atoms with van der Waals surface area (Å²) >= 11 is 7.48. The lowest BCUT2D eigenvalue weighted by atomic mass is 10.3. The zero-order valence-corrected chi connectivity index (χ0v) is 10.2. The zero-order chi connectivity index (χ0) is 10.7. The summed E-state index contributed by atoms with van der Waals surface area (Å²) in [6.07, 6.45) is 0. The third-order valence-corrected chi connectivity index (χ3v) is 3.56.